The van der Waals surface area contributed by atoms with Gasteiger partial charge in [-0.05, 0) is 35.9 Å². The molecule has 0 aliphatic carbocycles. The maximum atomic E-state index is 4.22. The van der Waals surface area contributed by atoms with Gasteiger partial charge in [-0.1, -0.05) is 40.2 Å². The Labute approximate surface area is 97.6 Å². The summed E-state index contributed by atoms with van der Waals surface area (Å²) < 4.78 is 1.09. The predicted octanol–water partition coefficient (Wildman–Crippen LogP) is 4.01. The third-order valence-corrected chi connectivity index (χ3v) is 2.53. The molecule has 0 fully saturated rings. The lowest BCUT2D eigenvalue weighted by atomic mass is 10.2. The van der Waals surface area contributed by atoms with Crippen LogP contribution in [0.5, 0.6) is 0 Å². The van der Waals surface area contributed by atoms with E-state index in [1.54, 1.807) is 6.20 Å². The van der Waals surface area contributed by atoms with E-state index in [2.05, 4.69) is 39.1 Å². The molecule has 0 unspecified atom stereocenters. The van der Waals surface area contributed by atoms with Crippen LogP contribution >= 0.6 is 15.9 Å². The van der Waals surface area contributed by atoms with Gasteiger partial charge in [0.15, 0.2) is 0 Å². The SMILES string of the molecule is Brc1ccc(/C=C/c2ccccn2)cc1. The molecule has 0 radical (unpaired) electrons. The van der Waals surface area contributed by atoms with Gasteiger partial charge >= 0.3 is 0 Å². The average Bonchev–Trinajstić information content (AvgIpc) is 2.30. The summed E-state index contributed by atoms with van der Waals surface area (Å²) in [6.07, 6.45) is 5.85. The number of hydrogen-bond acceptors (Lipinski definition) is 1. The topological polar surface area (TPSA) is 12.9 Å². The van der Waals surface area contributed by atoms with Crippen molar-refractivity contribution in [2.24, 2.45) is 0 Å². The summed E-state index contributed by atoms with van der Waals surface area (Å²) in [5.41, 5.74) is 2.14. The fraction of sp³-hybridized carbons (Fsp3) is 0. The molecule has 0 amide bonds. The molecule has 1 heterocycles. The Morgan fingerprint density at radius 1 is 0.933 bits per heavy atom. The van der Waals surface area contributed by atoms with Crippen LogP contribution in [0.1, 0.15) is 11.3 Å². The van der Waals surface area contributed by atoms with Gasteiger partial charge in [0.1, 0.15) is 0 Å². The van der Waals surface area contributed by atoms with Crippen molar-refractivity contribution in [2.75, 3.05) is 0 Å². The maximum Gasteiger partial charge on any atom is 0.0629 e. The molecule has 0 bridgehead atoms. The highest BCUT2D eigenvalue weighted by Gasteiger charge is 1.88. The lowest BCUT2D eigenvalue weighted by Gasteiger charge is -1.94. The van der Waals surface area contributed by atoms with Crippen molar-refractivity contribution in [1.29, 1.82) is 0 Å². The molecule has 0 N–H and O–H groups in total. The lowest BCUT2D eigenvalue weighted by molar-refractivity contribution is 1.30. The van der Waals surface area contributed by atoms with E-state index in [0.29, 0.717) is 0 Å². The van der Waals surface area contributed by atoms with E-state index in [-0.39, 0.29) is 0 Å². The first kappa shape index (κ1) is 10.1. The van der Waals surface area contributed by atoms with Crippen molar-refractivity contribution >= 4 is 28.1 Å². The van der Waals surface area contributed by atoms with Crippen molar-refractivity contribution in [3.8, 4) is 0 Å². The van der Waals surface area contributed by atoms with Crippen LogP contribution in [0, 0.1) is 0 Å². The highest BCUT2D eigenvalue weighted by atomic mass is 79.9. The van der Waals surface area contributed by atoms with Gasteiger partial charge in [0, 0.05) is 10.7 Å². The Morgan fingerprint density at radius 2 is 1.73 bits per heavy atom. The lowest BCUT2D eigenvalue weighted by Crippen LogP contribution is -1.76. The average molecular weight is 260 g/mol. The zero-order valence-corrected chi connectivity index (χ0v) is 9.68. The molecule has 0 atom stereocenters. The van der Waals surface area contributed by atoms with Crippen LogP contribution in [-0.4, -0.2) is 4.98 Å². The quantitative estimate of drug-likeness (QED) is 0.794. The number of aromatic nitrogens is 1. The molecule has 2 aromatic rings. The minimum Gasteiger partial charge on any atom is -0.257 e. The summed E-state index contributed by atoms with van der Waals surface area (Å²) in [7, 11) is 0. The first-order valence-electron chi connectivity index (χ1n) is 4.69. The predicted molar refractivity (Wildman–Crippen MR) is 67.3 cm³/mol. The van der Waals surface area contributed by atoms with Gasteiger partial charge in [0.25, 0.3) is 0 Å². The first-order valence-corrected chi connectivity index (χ1v) is 5.48. The Kier molecular flexibility index (Phi) is 3.30. The van der Waals surface area contributed by atoms with E-state index in [4.69, 9.17) is 0 Å². The summed E-state index contributed by atoms with van der Waals surface area (Å²) in [4.78, 5) is 4.22. The minimum atomic E-state index is 0.973. The van der Waals surface area contributed by atoms with E-state index in [1.807, 2.05) is 36.4 Å². The van der Waals surface area contributed by atoms with Crippen LogP contribution in [0.3, 0.4) is 0 Å². The van der Waals surface area contributed by atoms with Gasteiger partial charge in [0.2, 0.25) is 0 Å². The van der Waals surface area contributed by atoms with Crippen molar-refractivity contribution < 1.29 is 0 Å². The standard InChI is InChI=1S/C13H10BrN/c14-12-7-4-11(5-8-12)6-9-13-3-1-2-10-15-13/h1-10H/b9-6+. The van der Waals surface area contributed by atoms with Crippen molar-refractivity contribution in [3.05, 3.63) is 64.4 Å². The Bertz CT molecular complexity index is 446. The molecule has 15 heavy (non-hydrogen) atoms. The second-order valence-corrected chi connectivity index (χ2v) is 4.06. The molecule has 0 aliphatic heterocycles. The number of benzene rings is 1. The smallest absolute Gasteiger partial charge is 0.0629 e. The van der Waals surface area contributed by atoms with Crippen molar-refractivity contribution in [2.45, 2.75) is 0 Å². The maximum absolute atomic E-state index is 4.22. The molecule has 2 rings (SSSR count). The molecule has 0 spiro atoms. The number of halogens is 1. The minimum absolute atomic E-state index is 0.973. The summed E-state index contributed by atoms with van der Waals surface area (Å²) in [5, 5.41) is 0. The van der Waals surface area contributed by atoms with Gasteiger partial charge < -0.3 is 0 Å². The Balaban J connectivity index is 2.15. The normalized spacial score (nSPS) is 10.7. The molecule has 1 nitrogen and oxygen atoms in total. The molecule has 2 heteroatoms. The van der Waals surface area contributed by atoms with Gasteiger partial charge in [-0.2, -0.15) is 0 Å². The molecule has 74 valence electrons. The Hall–Kier alpha value is -1.41. The van der Waals surface area contributed by atoms with E-state index in [1.165, 1.54) is 5.56 Å². The van der Waals surface area contributed by atoms with E-state index in [0.717, 1.165) is 10.2 Å². The highest BCUT2D eigenvalue weighted by molar-refractivity contribution is 9.10. The molecular formula is C13H10BrN. The monoisotopic (exact) mass is 259 g/mol. The van der Waals surface area contributed by atoms with E-state index < -0.39 is 0 Å². The number of rotatable bonds is 2. The zero-order valence-electron chi connectivity index (χ0n) is 8.10. The summed E-state index contributed by atoms with van der Waals surface area (Å²) in [5.74, 6) is 0. The summed E-state index contributed by atoms with van der Waals surface area (Å²) in [6, 6.07) is 14.0. The van der Waals surface area contributed by atoms with Crippen molar-refractivity contribution in [3.63, 3.8) is 0 Å². The number of nitrogens with zero attached hydrogens (tertiary/aromatic N) is 1. The molecular weight excluding hydrogens is 250 g/mol. The second-order valence-electron chi connectivity index (χ2n) is 3.14. The molecule has 1 aromatic heterocycles. The van der Waals surface area contributed by atoms with Crippen LogP contribution in [0.2, 0.25) is 0 Å². The molecule has 0 saturated heterocycles. The fourth-order valence-corrected chi connectivity index (χ4v) is 1.49. The van der Waals surface area contributed by atoms with Crippen LogP contribution in [0.4, 0.5) is 0 Å². The van der Waals surface area contributed by atoms with E-state index in [9.17, 15) is 0 Å². The third-order valence-electron chi connectivity index (χ3n) is 2.00. The van der Waals surface area contributed by atoms with Gasteiger partial charge in [0.05, 0.1) is 5.69 Å². The van der Waals surface area contributed by atoms with Crippen LogP contribution in [0.25, 0.3) is 12.2 Å². The summed E-state index contributed by atoms with van der Waals surface area (Å²) >= 11 is 3.41. The first-order chi connectivity index (χ1) is 7.34. The van der Waals surface area contributed by atoms with Crippen LogP contribution < -0.4 is 0 Å². The highest BCUT2D eigenvalue weighted by Crippen LogP contribution is 2.12. The van der Waals surface area contributed by atoms with Gasteiger partial charge in [-0.25, -0.2) is 0 Å². The Morgan fingerprint density at radius 3 is 2.40 bits per heavy atom. The van der Waals surface area contributed by atoms with E-state index >= 15 is 0 Å². The largest absolute Gasteiger partial charge is 0.257 e. The molecule has 0 aliphatic rings. The number of pyridine rings is 1. The molecule has 1 aromatic carbocycles. The zero-order chi connectivity index (χ0) is 10.5. The van der Waals surface area contributed by atoms with Crippen LogP contribution in [0.15, 0.2) is 53.1 Å². The number of hydrogen-bond donors (Lipinski definition) is 0. The van der Waals surface area contributed by atoms with Gasteiger partial charge in [-0.3, -0.25) is 4.98 Å². The van der Waals surface area contributed by atoms with Crippen molar-refractivity contribution in [1.82, 2.24) is 4.98 Å². The second kappa shape index (κ2) is 4.89. The third kappa shape index (κ3) is 3.03. The summed E-state index contributed by atoms with van der Waals surface area (Å²) in [6.45, 7) is 0. The van der Waals surface area contributed by atoms with Crippen LogP contribution in [-0.2, 0) is 0 Å². The fourth-order valence-electron chi connectivity index (χ4n) is 1.23. The van der Waals surface area contributed by atoms with Gasteiger partial charge in [-0.15, -0.1) is 0 Å². The molecule has 0 saturated carbocycles.